The maximum Gasteiger partial charge on any atom is 0.472 e. The number of hydrogen-bond donors (Lipinski definition) is 4. The fourth-order valence-electron chi connectivity index (χ4n) is 5.12. The topological polar surface area (TPSA) is 169 Å². The van der Waals surface area contributed by atoms with Crippen molar-refractivity contribution >= 4 is 25.7 Å². The monoisotopic (exact) mass is 832 g/mol. The van der Waals surface area contributed by atoms with Gasteiger partial charge >= 0.3 is 19.8 Å². The zero-order chi connectivity index (χ0) is 42.8. The second-order valence-electron chi connectivity index (χ2n) is 13.8. The van der Waals surface area contributed by atoms with Crippen LogP contribution in [-0.4, -0.2) is 64.9 Å². The molecule has 0 aliphatic heterocycles. The molecule has 12 heteroatoms. The molecule has 3 atom stereocenters. The van der Waals surface area contributed by atoms with Crippen molar-refractivity contribution in [2.45, 2.75) is 154 Å². The van der Waals surface area contributed by atoms with Crippen molar-refractivity contribution in [3.8, 4) is 0 Å². The Morgan fingerprint density at radius 1 is 0.552 bits per heavy atom. The summed E-state index contributed by atoms with van der Waals surface area (Å²) in [5.41, 5.74) is 0. The molecule has 3 unspecified atom stereocenters. The molecule has 0 aliphatic carbocycles. The molecule has 0 aliphatic rings. The molecule has 4 N–H and O–H groups in total. The van der Waals surface area contributed by atoms with Crippen molar-refractivity contribution < 1.29 is 47.8 Å². The summed E-state index contributed by atoms with van der Waals surface area (Å²) < 4.78 is 26.8. The number of rotatable bonds is 38. The van der Waals surface area contributed by atoms with Crippen molar-refractivity contribution in [2.24, 2.45) is 0 Å². The Bertz CT molecular complexity index is 1350. The Morgan fingerprint density at radius 3 is 1.43 bits per heavy atom. The summed E-state index contributed by atoms with van der Waals surface area (Å²) in [6, 6.07) is -1.57. The second kappa shape index (κ2) is 40.2. The average molecular weight is 832 g/mol. The molecular formula is C46H74NO10P. The molecule has 11 nitrogen and oxygen atoms in total. The van der Waals surface area contributed by atoms with Crippen LogP contribution < -0.4 is 5.32 Å². The van der Waals surface area contributed by atoms with Gasteiger partial charge in [0.15, 0.2) is 6.04 Å². The van der Waals surface area contributed by atoms with Crippen LogP contribution in [-0.2, 0) is 32.7 Å². The van der Waals surface area contributed by atoms with Crippen LogP contribution >= 0.6 is 7.82 Å². The SMILES string of the molecule is CC/C=C\C/C=C\C/C=C\C/C=C\C/C=C\CCCCCCCC(=O)NC(COP(=O)(O)OCC(O)COC(=O)CCCCC/C=C\C/C=C\C/C=C\CC)C(=O)O. The Morgan fingerprint density at radius 2 is 0.948 bits per heavy atom. The number of aliphatic hydroxyl groups excluding tert-OH is 1. The number of carbonyl (C=O) groups excluding carboxylic acids is 2. The van der Waals surface area contributed by atoms with Crippen molar-refractivity contribution in [2.75, 3.05) is 19.8 Å². The second-order valence-corrected chi connectivity index (χ2v) is 15.2. The molecule has 0 aromatic carbocycles. The minimum absolute atomic E-state index is 0.115. The normalized spacial score (nSPS) is 14.7. The number of esters is 1. The molecule has 0 bridgehead atoms. The van der Waals surface area contributed by atoms with Crippen molar-refractivity contribution in [1.29, 1.82) is 0 Å². The highest BCUT2D eigenvalue weighted by molar-refractivity contribution is 7.47. The molecule has 0 saturated heterocycles. The van der Waals surface area contributed by atoms with Gasteiger partial charge in [-0.25, -0.2) is 9.36 Å². The molecule has 0 heterocycles. The Labute approximate surface area is 349 Å². The van der Waals surface area contributed by atoms with Crippen LogP contribution in [0.1, 0.15) is 142 Å². The minimum atomic E-state index is -4.77. The Kier molecular flexibility index (Phi) is 37.7. The van der Waals surface area contributed by atoms with Crippen LogP contribution in [0.25, 0.3) is 0 Å². The van der Waals surface area contributed by atoms with E-state index in [0.717, 1.165) is 103 Å². The van der Waals surface area contributed by atoms with E-state index in [2.05, 4.69) is 116 Å². The number of carbonyl (C=O) groups is 3. The molecule has 1 amide bonds. The fraction of sp³-hybridized carbons (Fsp3) is 0.587. The number of unbranched alkanes of at least 4 members (excludes halogenated alkanes) is 8. The van der Waals surface area contributed by atoms with Crippen LogP contribution in [0.4, 0.5) is 0 Å². The van der Waals surface area contributed by atoms with E-state index in [-0.39, 0.29) is 12.8 Å². The molecule has 58 heavy (non-hydrogen) atoms. The highest BCUT2D eigenvalue weighted by Gasteiger charge is 2.28. The molecule has 328 valence electrons. The lowest BCUT2D eigenvalue weighted by Gasteiger charge is -2.18. The van der Waals surface area contributed by atoms with E-state index in [4.69, 9.17) is 13.8 Å². The molecular weight excluding hydrogens is 757 g/mol. The molecule has 0 aromatic heterocycles. The molecule has 0 saturated carbocycles. The first-order chi connectivity index (χ1) is 28.1. The van der Waals surface area contributed by atoms with E-state index in [0.29, 0.717) is 12.8 Å². The summed E-state index contributed by atoms with van der Waals surface area (Å²) in [6.07, 6.45) is 50.1. The largest absolute Gasteiger partial charge is 0.480 e. The van der Waals surface area contributed by atoms with Gasteiger partial charge in [0.25, 0.3) is 0 Å². The average Bonchev–Trinajstić information content (AvgIpc) is 3.20. The molecule has 0 spiro atoms. The van der Waals surface area contributed by atoms with E-state index in [1.54, 1.807) is 0 Å². The number of carboxylic acid groups (broad SMARTS) is 1. The van der Waals surface area contributed by atoms with Crippen molar-refractivity contribution in [3.63, 3.8) is 0 Å². The van der Waals surface area contributed by atoms with E-state index < -0.39 is 57.6 Å². The summed E-state index contributed by atoms with van der Waals surface area (Å²) in [4.78, 5) is 45.9. The first-order valence-corrected chi connectivity index (χ1v) is 22.8. The van der Waals surface area contributed by atoms with Gasteiger partial charge in [-0.05, 0) is 89.9 Å². The number of aliphatic hydroxyl groups is 1. The zero-order valence-electron chi connectivity index (χ0n) is 35.3. The first-order valence-electron chi connectivity index (χ1n) is 21.3. The number of allylic oxidation sites excluding steroid dienone is 16. The highest BCUT2D eigenvalue weighted by Crippen LogP contribution is 2.43. The number of phosphoric acid groups is 1. The van der Waals surface area contributed by atoms with E-state index >= 15 is 0 Å². The standard InChI is InChI=1S/C46H74NO10P/c1-3-5-7-9-11-13-15-17-18-19-20-21-22-23-24-26-27-29-31-33-35-37-44(49)47-43(46(51)52)41-57-58(53,54)56-40-42(48)39-55-45(50)38-36-34-32-30-28-25-16-14-12-10-8-6-4-2/h5-8,11-14,17-18,20-21,23-25,28,42-43,48H,3-4,9-10,15-16,19,22,26-27,29-41H2,1-2H3,(H,47,49)(H,51,52)(H,53,54)/b7-5-,8-6-,13-11-,14-12-,18-17-,21-20-,24-23-,28-25-. The molecule has 0 fully saturated rings. The lowest BCUT2D eigenvalue weighted by molar-refractivity contribution is -0.147. The van der Waals surface area contributed by atoms with Gasteiger partial charge in [0.05, 0.1) is 13.2 Å². The van der Waals surface area contributed by atoms with Gasteiger partial charge in [-0.3, -0.25) is 18.6 Å². The van der Waals surface area contributed by atoms with Gasteiger partial charge in [0.1, 0.15) is 12.7 Å². The van der Waals surface area contributed by atoms with E-state index in [9.17, 15) is 34.1 Å². The summed E-state index contributed by atoms with van der Waals surface area (Å²) in [7, 11) is -4.77. The maximum absolute atomic E-state index is 12.3. The predicted molar refractivity (Wildman–Crippen MR) is 235 cm³/mol. The molecule has 0 rings (SSSR count). The third-order valence-electron chi connectivity index (χ3n) is 8.37. The van der Waals surface area contributed by atoms with Gasteiger partial charge < -0.3 is 25.2 Å². The van der Waals surface area contributed by atoms with Crippen LogP contribution in [0, 0.1) is 0 Å². The maximum atomic E-state index is 12.3. The first kappa shape index (κ1) is 54.4. The van der Waals surface area contributed by atoms with Crippen LogP contribution in [0.5, 0.6) is 0 Å². The lowest BCUT2D eigenvalue weighted by Crippen LogP contribution is -2.43. The predicted octanol–water partition coefficient (Wildman–Crippen LogP) is 10.9. The van der Waals surface area contributed by atoms with Gasteiger partial charge in [-0.1, -0.05) is 137 Å². The van der Waals surface area contributed by atoms with Crippen LogP contribution in [0.15, 0.2) is 97.2 Å². The lowest BCUT2D eigenvalue weighted by atomic mass is 10.1. The number of hydrogen-bond acceptors (Lipinski definition) is 8. The molecule has 0 radical (unpaired) electrons. The van der Waals surface area contributed by atoms with E-state index in [1.807, 2.05) is 0 Å². The highest BCUT2D eigenvalue weighted by atomic mass is 31.2. The Balaban J connectivity index is 4.01. The third-order valence-corrected chi connectivity index (χ3v) is 9.32. The smallest absolute Gasteiger partial charge is 0.472 e. The van der Waals surface area contributed by atoms with Crippen molar-refractivity contribution in [3.05, 3.63) is 97.2 Å². The summed E-state index contributed by atoms with van der Waals surface area (Å²) in [5.74, 6) is -2.45. The van der Waals surface area contributed by atoms with Gasteiger partial charge in [0.2, 0.25) is 5.91 Å². The Hall–Kier alpha value is -3.60. The zero-order valence-corrected chi connectivity index (χ0v) is 36.2. The number of amides is 1. The number of phosphoric ester groups is 1. The minimum Gasteiger partial charge on any atom is -0.480 e. The van der Waals surface area contributed by atoms with Crippen LogP contribution in [0.3, 0.4) is 0 Å². The summed E-state index contributed by atoms with van der Waals surface area (Å²) >= 11 is 0. The number of ether oxygens (including phenoxy) is 1. The van der Waals surface area contributed by atoms with Crippen LogP contribution in [0.2, 0.25) is 0 Å². The third kappa shape index (κ3) is 39.2. The summed E-state index contributed by atoms with van der Waals surface area (Å²) in [6.45, 7) is 2.29. The van der Waals surface area contributed by atoms with E-state index in [1.165, 1.54) is 0 Å². The fourth-order valence-corrected chi connectivity index (χ4v) is 5.89. The quantitative estimate of drug-likeness (QED) is 0.0203. The van der Waals surface area contributed by atoms with Gasteiger partial charge in [-0.2, -0.15) is 0 Å². The molecule has 0 aromatic rings. The van der Waals surface area contributed by atoms with Gasteiger partial charge in [-0.15, -0.1) is 0 Å². The van der Waals surface area contributed by atoms with Crippen molar-refractivity contribution in [1.82, 2.24) is 5.32 Å². The number of nitrogens with one attached hydrogen (secondary N) is 1. The summed E-state index contributed by atoms with van der Waals surface area (Å²) in [5, 5.41) is 21.8. The number of aliphatic carboxylic acids is 1. The number of carboxylic acids is 1. The van der Waals surface area contributed by atoms with Gasteiger partial charge in [0, 0.05) is 12.8 Å².